The Morgan fingerprint density at radius 2 is 1.83 bits per heavy atom. The second kappa shape index (κ2) is 10.6. The number of hydrogen-bond donors (Lipinski definition) is 1. The van der Waals surface area contributed by atoms with Crippen molar-refractivity contribution < 1.29 is 33.2 Å². The summed E-state index contributed by atoms with van der Waals surface area (Å²) in [5, 5.41) is 13.0. The van der Waals surface area contributed by atoms with Crippen LogP contribution in [-0.4, -0.2) is 34.3 Å². The van der Waals surface area contributed by atoms with Gasteiger partial charge in [-0.25, -0.2) is 4.79 Å². The highest BCUT2D eigenvalue weighted by atomic mass is 16.6. The number of carbonyl (C=O) groups excluding carboxylic acids is 3. The van der Waals surface area contributed by atoms with E-state index in [0.29, 0.717) is 29.4 Å². The average molecular weight is 491 g/mol. The second-order valence-electron chi connectivity index (χ2n) is 7.64. The zero-order valence-corrected chi connectivity index (χ0v) is 19.1. The maximum atomic E-state index is 12.9. The number of nitrogens with one attached hydrogen (secondary N) is 1. The Kier molecular flexibility index (Phi) is 7.10. The third kappa shape index (κ3) is 5.41. The summed E-state index contributed by atoms with van der Waals surface area (Å²) in [7, 11) is 0. The lowest BCUT2D eigenvalue weighted by Crippen LogP contribution is -2.53. The summed E-state index contributed by atoms with van der Waals surface area (Å²) in [5.41, 5.74) is 0.965. The number of carbonyl (C=O) groups is 3. The Morgan fingerprint density at radius 3 is 2.50 bits per heavy atom. The number of amides is 4. The largest absolute Gasteiger partial charge is 0.490 e. The van der Waals surface area contributed by atoms with Crippen molar-refractivity contribution in [2.45, 2.75) is 20.1 Å². The van der Waals surface area contributed by atoms with Gasteiger partial charge in [-0.3, -0.25) is 29.9 Å². The van der Waals surface area contributed by atoms with Gasteiger partial charge in [-0.1, -0.05) is 6.07 Å². The average Bonchev–Trinajstić information content (AvgIpc) is 3.38. The molecule has 0 bridgehead atoms. The van der Waals surface area contributed by atoms with E-state index in [1.807, 2.05) is 0 Å². The third-order valence-electron chi connectivity index (χ3n) is 5.20. The van der Waals surface area contributed by atoms with E-state index in [-0.39, 0.29) is 24.4 Å². The fourth-order valence-electron chi connectivity index (χ4n) is 3.44. The van der Waals surface area contributed by atoms with Gasteiger partial charge in [-0.05, 0) is 60.5 Å². The first-order valence-electron chi connectivity index (χ1n) is 10.9. The number of furan rings is 1. The number of benzene rings is 2. The molecule has 1 aromatic heterocycles. The van der Waals surface area contributed by atoms with Crippen LogP contribution >= 0.6 is 0 Å². The molecular formula is C25H21N3O8. The van der Waals surface area contributed by atoms with Crippen LogP contribution < -0.4 is 14.8 Å². The summed E-state index contributed by atoms with van der Waals surface area (Å²) in [6.07, 6.45) is 2.78. The second-order valence-corrected chi connectivity index (χ2v) is 7.64. The van der Waals surface area contributed by atoms with Gasteiger partial charge in [0.2, 0.25) is 0 Å². The van der Waals surface area contributed by atoms with E-state index < -0.39 is 22.8 Å². The van der Waals surface area contributed by atoms with Gasteiger partial charge >= 0.3 is 6.03 Å². The van der Waals surface area contributed by atoms with Crippen molar-refractivity contribution in [1.82, 2.24) is 10.2 Å². The maximum Gasteiger partial charge on any atom is 0.331 e. The molecule has 2 heterocycles. The quantitative estimate of drug-likeness (QED) is 0.206. The molecule has 1 aliphatic heterocycles. The Balaban J connectivity index is 1.54. The number of barbiturate groups is 1. The van der Waals surface area contributed by atoms with Crippen molar-refractivity contribution in [3.8, 4) is 11.5 Å². The van der Waals surface area contributed by atoms with Crippen LogP contribution in [0.5, 0.6) is 11.5 Å². The number of ether oxygens (including phenoxy) is 2. The first-order valence-corrected chi connectivity index (χ1v) is 10.9. The predicted molar refractivity (Wildman–Crippen MR) is 126 cm³/mol. The first-order chi connectivity index (χ1) is 17.4. The molecule has 1 aliphatic rings. The molecule has 2 aromatic carbocycles. The number of urea groups is 1. The Labute approximate surface area is 205 Å². The van der Waals surface area contributed by atoms with E-state index in [0.717, 1.165) is 10.5 Å². The smallest absolute Gasteiger partial charge is 0.331 e. The van der Waals surface area contributed by atoms with Crippen molar-refractivity contribution in [3.63, 3.8) is 0 Å². The SMILES string of the molecule is CCOc1cc(/C=C2\C(=O)NC(=O)N(Cc3ccco3)C2=O)ccc1OCc1ccc([N+](=O)[O-])cc1. The summed E-state index contributed by atoms with van der Waals surface area (Å²) in [5.74, 6) is -0.388. The van der Waals surface area contributed by atoms with Crippen molar-refractivity contribution in [2.24, 2.45) is 0 Å². The van der Waals surface area contributed by atoms with Gasteiger partial charge in [0.25, 0.3) is 17.5 Å². The molecule has 4 rings (SSSR count). The number of rotatable bonds is 9. The number of hydrogen-bond acceptors (Lipinski definition) is 8. The molecule has 0 atom stereocenters. The normalized spacial score (nSPS) is 14.6. The fraction of sp³-hybridized carbons (Fsp3) is 0.160. The number of non-ortho nitro benzene ring substituents is 1. The van der Waals surface area contributed by atoms with Crippen LogP contribution in [0.15, 0.2) is 70.9 Å². The van der Waals surface area contributed by atoms with Gasteiger partial charge in [0.15, 0.2) is 11.5 Å². The molecule has 184 valence electrons. The van der Waals surface area contributed by atoms with E-state index in [1.165, 1.54) is 24.5 Å². The highest BCUT2D eigenvalue weighted by molar-refractivity contribution is 6.30. The van der Waals surface area contributed by atoms with E-state index in [1.54, 1.807) is 49.4 Å². The van der Waals surface area contributed by atoms with E-state index >= 15 is 0 Å². The van der Waals surface area contributed by atoms with Crippen LogP contribution in [0.2, 0.25) is 0 Å². The summed E-state index contributed by atoms with van der Waals surface area (Å²) < 4.78 is 16.7. The molecule has 1 saturated heterocycles. The van der Waals surface area contributed by atoms with Crippen LogP contribution in [0.3, 0.4) is 0 Å². The zero-order chi connectivity index (χ0) is 25.7. The molecule has 11 nitrogen and oxygen atoms in total. The van der Waals surface area contributed by atoms with Crippen LogP contribution in [0, 0.1) is 10.1 Å². The number of nitro groups is 1. The van der Waals surface area contributed by atoms with Gasteiger partial charge in [0, 0.05) is 12.1 Å². The van der Waals surface area contributed by atoms with Crippen molar-refractivity contribution >= 4 is 29.6 Å². The summed E-state index contributed by atoms with van der Waals surface area (Å²) in [6, 6.07) is 13.3. The first kappa shape index (κ1) is 24.2. The lowest BCUT2D eigenvalue weighted by molar-refractivity contribution is -0.384. The van der Waals surface area contributed by atoms with Crippen LogP contribution in [0.1, 0.15) is 23.8 Å². The fourth-order valence-corrected chi connectivity index (χ4v) is 3.44. The van der Waals surface area contributed by atoms with Crippen LogP contribution in [0.25, 0.3) is 6.08 Å². The van der Waals surface area contributed by atoms with E-state index in [2.05, 4.69) is 5.32 Å². The van der Waals surface area contributed by atoms with Crippen molar-refractivity contribution in [2.75, 3.05) is 6.61 Å². The predicted octanol–water partition coefficient (Wildman–Crippen LogP) is 3.83. The highest BCUT2D eigenvalue weighted by Crippen LogP contribution is 2.31. The minimum atomic E-state index is -0.830. The van der Waals surface area contributed by atoms with Gasteiger partial charge in [-0.2, -0.15) is 0 Å². The monoisotopic (exact) mass is 491 g/mol. The Hall–Kier alpha value is -4.93. The minimum absolute atomic E-state index is 0.0168. The van der Waals surface area contributed by atoms with Crippen molar-refractivity contribution in [3.05, 3.63) is 93.4 Å². The third-order valence-corrected chi connectivity index (χ3v) is 5.20. The molecule has 0 unspecified atom stereocenters. The summed E-state index contributed by atoms with van der Waals surface area (Å²) in [4.78, 5) is 48.7. The van der Waals surface area contributed by atoms with Gasteiger partial charge < -0.3 is 13.9 Å². The number of nitrogens with zero attached hydrogens (tertiary/aromatic N) is 2. The Morgan fingerprint density at radius 1 is 1.06 bits per heavy atom. The highest BCUT2D eigenvalue weighted by Gasteiger charge is 2.36. The lowest BCUT2D eigenvalue weighted by atomic mass is 10.1. The van der Waals surface area contributed by atoms with E-state index in [4.69, 9.17) is 13.9 Å². The molecule has 36 heavy (non-hydrogen) atoms. The molecule has 1 fully saturated rings. The van der Waals surface area contributed by atoms with E-state index in [9.17, 15) is 24.5 Å². The molecule has 1 N–H and O–H groups in total. The molecule has 0 aliphatic carbocycles. The molecule has 0 spiro atoms. The topological polar surface area (TPSA) is 141 Å². The summed E-state index contributed by atoms with van der Waals surface area (Å²) >= 11 is 0. The number of nitro benzene ring substituents is 1. The molecule has 0 saturated carbocycles. The van der Waals surface area contributed by atoms with Gasteiger partial charge in [0.05, 0.1) is 24.3 Å². The van der Waals surface area contributed by atoms with Gasteiger partial charge in [-0.15, -0.1) is 0 Å². The lowest BCUT2D eigenvalue weighted by Gasteiger charge is -2.25. The Bertz CT molecular complexity index is 1330. The molecular weight excluding hydrogens is 470 g/mol. The molecule has 3 aromatic rings. The maximum absolute atomic E-state index is 12.9. The van der Waals surface area contributed by atoms with Crippen LogP contribution in [-0.2, 0) is 22.7 Å². The molecule has 4 amide bonds. The zero-order valence-electron chi connectivity index (χ0n) is 19.1. The van der Waals surface area contributed by atoms with Gasteiger partial charge in [0.1, 0.15) is 17.9 Å². The molecule has 0 radical (unpaired) electrons. The standard InChI is InChI=1S/C25H21N3O8/c1-2-34-22-13-17(7-10-21(22)36-15-16-5-8-18(9-6-16)28(32)33)12-20-23(29)26-25(31)27(24(20)30)14-19-4-3-11-35-19/h3-13H,2,14-15H2,1H3,(H,26,29,31)/b20-12+. The number of imide groups is 2. The molecule has 11 heteroatoms. The van der Waals surface area contributed by atoms with Crippen LogP contribution in [0.4, 0.5) is 10.5 Å². The minimum Gasteiger partial charge on any atom is -0.490 e. The van der Waals surface area contributed by atoms with Crippen molar-refractivity contribution in [1.29, 1.82) is 0 Å². The summed E-state index contributed by atoms with van der Waals surface area (Å²) in [6.45, 7) is 2.14.